The minimum absolute atomic E-state index is 0.0761. The Morgan fingerprint density at radius 1 is 1.25 bits per heavy atom. The van der Waals surface area contributed by atoms with Gasteiger partial charge in [0.2, 0.25) is 0 Å². The van der Waals surface area contributed by atoms with E-state index in [2.05, 4.69) is 0 Å². The van der Waals surface area contributed by atoms with Gasteiger partial charge < -0.3 is 9.47 Å². The molecule has 1 aliphatic heterocycles. The van der Waals surface area contributed by atoms with Gasteiger partial charge in [-0.05, 0) is 31.2 Å². The number of rotatable bonds is 7. The Bertz CT molecular complexity index is 987. The highest BCUT2D eigenvalue weighted by Gasteiger charge is 2.28. The van der Waals surface area contributed by atoms with Crippen molar-refractivity contribution in [2.24, 2.45) is 0 Å². The zero-order valence-electron chi connectivity index (χ0n) is 15.1. The molecule has 0 aliphatic carbocycles. The highest BCUT2D eigenvalue weighted by molar-refractivity contribution is 7.86. The average molecular weight is 405 g/mol. The summed E-state index contributed by atoms with van der Waals surface area (Å²) in [5.41, 5.74) is 0.219. The minimum atomic E-state index is -3.85. The molecule has 1 atom stereocenters. The molecule has 0 N–H and O–H groups in total. The Labute approximate surface area is 162 Å². The van der Waals surface area contributed by atoms with E-state index in [1.54, 1.807) is 37.3 Å². The second-order valence-corrected chi connectivity index (χ2v) is 7.63. The van der Waals surface area contributed by atoms with Crippen molar-refractivity contribution in [3.63, 3.8) is 0 Å². The molecule has 2 aromatic carbocycles. The van der Waals surface area contributed by atoms with Crippen LogP contribution in [-0.2, 0) is 14.3 Å². The van der Waals surface area contributed by atoms with E-state index >= 15 is 0 Å². The van der Waals surface area contributed by atoms with Gasteiger partial charge in [0.15, 0.2) is 11.5 Å². The van der Waals surface area contributed by atoms with Crippen molar-refractivity contribution in [1.82, 2.24) is 0 Å². The molecule has 2 aromatic rings. The third kappa shape index (κ3) is 4.32. The van der Waals surface area contributed by atoms with Crippen LogP contribution in [0.5, 0.6) is 11.5 Å². The number of allylic oxidation sites excluding steroid dienone is 1. The van der Waals surface area contributed by atoms with Crippen LogP contribution < -0.4 is 9.47 Å². The summed E-state index contributed by atoms with van der Waals surface area (Å²) in [5, 5.41) is 11.3. The van der Waals surface area contributed by atoms with Crippen molar-refractivity contribution in [2.45, 2.75) is 24.3 Å². The molecule has 0 amide bonds. The summed E-state index contributed by atoms with van der Waals surface area (Å²) in [4.78, 5) is 10.9. The second-order valence-electron chi connectivity index (χ2n) is 6.01. The van der Waals surface area contributed by atoms with E-state index < -0.39 is 21.1 Å². The van der Waals surface area contributed by atoms with Gasteiger partial charge >= 0.3 is 0 Å². The lowest BCUT2D eigenvalue weighted by molar-refractivity contribution is -0.385. The molecule has 8 nitrogen and oxygen atoms in total. The first-order chi connectivity index (χ1) is 13.4. The summed E-state index contributed by atoms with van der Waals surface area (Å²) in [6, 6.07) is 10.7. The van der Waals surface area contributed by atoms with E-state index in [1.165, 1.54) is 24.3 Å². The molecular formula is C19H19NO7S. The van der Waals surface area contributed by atoms with Crippen molar-refractivity contribution in [3.05, 3.63) is 64.2 Å². The Morgan fingerprint density at radius 3 is 2.68 bits per heavy atom. The van der Waals surface area contributed by atoms with Gasteiger partial charge in [0.05, 0.1) is 22.0 Å². The number of hydrogen-bond donors (Lipinski definition) is 0. The summed E-state index contributed by atoms with van der Waals surface area (Å²) in [6.45, 7) is 1.83. The summed E-state index contributed by atoms with van der Waals surface area (Å²) >= 11 is 0. The van der Waals surface area contributed by atoms with Gasteiger partial charge in [-0.3, -0.25) is 14.3 Å². The summed E-state index contributed by atoms with van der Waals surface area (Å²) < 4.78 is 40.9. The van der Waals surface area contributed by atoms with Gasteiger partial charge in [-0.1, -0.05) is 24.3 Å². The standard InChI is InChI=1S/C19H19NO7S/c1-2-6-16-17(20(21)22)9-10-18-19(16)27-14(13-25-18)11-12-26-28(23,24)15-7-4-3-5-8-15/h2-10,14H,11-13H2,1H3/b6-2+/t14-/m1/s1. The number of hydrogen-bond acceptors (Lipinski definition) is 7. The quantitative estimate of drug-likeness (QED) is 0.394. The first-order valence-corrected chi connectivity index (χ1v) is 10.0. The maximum Gasteiger partial charge on any atom is 0.296 e. The first kappa shape index (κ1) is 19.8. The molecule has 9 heteroatoms. The molecule has 0 radical (unpaired) electrons. The number of ether oxygens (including phenoxy) is 2. The summed E-state index contributed by atoms with van der Waals surface area (Å²) in [5.74, 6) is 0.683. The van der Waals surface area contributed by atoms with Crippen LogP contribution in [0.25, 0.3) is 6.08 Å². The lowest BCUT2D eigenvalue weighted by Crippen LogP contribution is -2.31. The van der Waals surface area contributed by atoms with Crippen molar-refractivity contribution < 1.29 is 27.0 Å². The van der Waals surface area contributed by atoms with Crippen LogP contribution in [0.1, 0.15) is 18.9 Å². The van der Waals surface area contributed by atoms with Gasteiger partial charge in [0, 0.05) is 12.5 Å². The van der Waals surface area contributed by atoms with Crippen LogP contribution in [0, 0.1) is 10.1 Å². The van der Waals surface area contributed by atoms with Gasteiger partial charge in [0.25, 0.3) is 15.8 Å². The van der Waals surface area contributed by atoms with Gasteiger partial charge in [0.1, 0.15) is 12.7 Å². The van der Waals surface area contributed by atoms with Crippen LogP contribution in [-0.4, -0.2) is 32.7 Å². The van der Waals surface area contributed by atoms with E-state index in [0.29, 0.717) is 11.3 Å². The molecular weight excluding hydrogens is 386 g/mol. The number of nitro groups is 1. The zero-order valence-corrected chi connectivity index (χ0v) is 15.9. The van der Waals surface area contributed by atoms with E-state index in [0.717, 1.165) is 0 Å². The van der Waals surface area contributed by atoms with Crippen molar-refractivity contribution in [1.29, 1.82) is 0 Å². The molecule has 28 heavy (non-hydrogen) atoms. The Morgan fingerprint density at radius 2 is 2.00 bits per heavy atom. The van der Waals surface area contributed by atoms with E-state index in [9.17, 15) is 18.5 Å². The maximum atomic E-state index is 12.2. The Hall–Kier alpha value is -2.91. The number of nitro benzene ring substituents is 1. The normalized spacial score (nSPS) is 16.2. The predicted molar refractivity (Wildman–Crippen MR) is 102 cm³/mol. The van der Waals surface area contributed by atoms with Gasteiger partial charge in [-0.25, -0.2) is 0 Å². The van der Waals surface area contributed by atoms with E-state index in [1.807, 2.05) is 0 Å². The van der Waals surface area contributed by atoms with Crippen LogP contribution >= 0.6 is 0 Å². The predicted octanol–water partition coefficient (Wildman–Crippen LogP) is 3.56. The molecule has 3 rings (SSSR count). The van der Waals surface area contributed by atoms with Gasteiger partial charge in [-0.15, -0.1) is 0 Å². The highest BCUT2D eigenvalue weighted by atomic mass is 32.2. The highest BCUT2D eigenvalue weighted by Crippen LogP contribution is 2.41. The molecule has 148 valence electrons. The first-order valence-electron chi connectivity index (χ1n) is 8.60. The topological polar surface area (TPSA) is 105 Å². The maximum absolute atomic E-state index is 12.2. The molecule has 0 saturated carbocycles. The smallest absolute Gasteiger partial charge is 0.296 e. The molecule has 1 aliphatic rings. The fraction of sp³-hybridized carbons (Fsp3) is 0.263. The van der Waals surface area contributed by atoms with Gasteiger partial charge in [-0.2, -0.15) is 8.42 Å². The third-order valence-corrected chi connectivity index (χ3v) is 5.41. The molecule has 0 spiro atoms. The van der Waals surface area contributed by atoms with E-state index in [4.69, 9.17) is 13.7 Å². The zero-order chi connectivity index (χ0) is 20.1. The molecule has 0 fully saturated rings. The SMILES string of the molecule is C/C=C/c1c([N+](=O)[O-])ccc2c1O[C@H](CCOS(=O)(=O)c1ccccc1)CO2. The summed E-state index contributed by atoms with van der Waals surface area (Å²) in [7, 11) is -3.85. The monoisotopic (exact) mass is 405 g/mol. The fourth-order valence-electron chi connectivity index (χ4n) is 2.76. The Balaban J connectivity index is 1.70. The van der Waals surface area contributed by atoms with Crippen molar-refractivity contribution >= 4 is 21.9 Å². The second kappa shape index (κ2) is 8.41. The molecule has 0 aromatic heterocycles. The lowest BCUT2D eigenvalue weighted by atomic mass is 10.1. The average Bonchev–Trinajstić information content (AvgIpc) is 2.69. The van der Waals surface area contributed by atoms with E-state index in [-0.39, 0.29) is 36.0 Å². The fourth-order valence-corrected chi connectivity index (χ4v) is 3.70. The summed E-state index contributed by atoms with van der Waals surface area (Å²) in [6.07, 6.45) is 3.00. The van der Waals surface area contributed by atoms with Crippen LogP contribution in [0.15, 0.2) is 53.4 Å². The minimum Gasteiger partial charge on any atom is -0.486 e. The van der Waals surface area contributed by atoms with Crippen molar-refractivity contribution in [2.75, 3.05) is 13.2 Å². The Kier molecular flexibility index (Phi) is 5.96. The number of benzene rings is 2. The van der Waals surface area contributed by atoms with Crippen LogP contribution in [0.4, 0.5) is 5.69 Å². The van der Waals surface area contributed by atoms with Crippen LogP contribution in [0.3, 0.4) is 0 Å². The third-order valence-electron chi connectivity index (χ3n) is 4.09. The molecule has 1 heterocycles. The van der Waals surface area contributed by atoms with Crippen molar-refractivity contribution in [3.8, 4) is 11.5 Å². The molecule has 0 unspecified atom stereocenters. The molecule has 0 saturated heterocycles. The lowest BCUT2D eigenvalue weighted by Gasteiger charge is -2.27. The number of fused-ring (bicyclic) bond motifs is 1. The van der Waals surface area contributed by atoms with Crippen LogP contribution in [0.2, 0.25) is 0 Å². The largest absolute Gasteiger partial charge is 0.486 e. The molecule has 0 bridgehead atoms. The number of nitrogens with zero attached hydrogens (tertiary/aromatic N) is 1.